The highest BCUT2D eigenvalue weighted by molar-refractivity contribution is 7.15. The number of benzene rings is 1. The Hall–Kier alpha value is -2.04. The molecule has 102 valence electrons. The fourth-order valence-corrected chi connectivity index (χ4v) is 3.05. The molecule has 0 aliphatic carbocycles. The highest BCUT2D eigenvalue weighted by atomic mass is 32.1. The maximum Gasteiger partial charge on any atom is 0.129 e. The summed E-state index contributed by atoms with van der Waals surface area (Å²) in [6.07, 6.45) is 1.11. The molecule has 1 N–H and O–H groups in total. The zero-order valence-corrected chi connectivity index (χ0v) is 11.8. The molecule has 3 nitrogen and oxygen atoms in total. The molecule has 0 fully saturated rings. The Morgan fingerprint density at radius 1 is 1.30 bits per heavy atom. The molecule has 4 heteroatoms. The number of nitrogens with zero attached hydrogens (tertiary/aromatic N) is 1. The lowest BCUT2D eigenvalue weighted by atomic mass is 10.2. The van der Waals surface area contributed by atoms with E-state index in [1.807, 2.05) is 48.5 Å². The van der Waals surface area contributed by atoms with E-state index in [0.29, 0.717) is 0 Å². The van der Waals surface area contributed by atoms with Crippen molar-refractivity contribution in [2.75, 3.05) is 7.11 Å². The molecule has 0 radical (unpaired) electrons. The standard InChI is InChI=1S/C16H14NO2S/c1-19-13-9-5-4-8-12(13)16-17-10-14(20-16)15(18)11-6-2-3-7-11/h2-10,15,18H,1H3/q-1. The number of methoxy groups -OCH3 is 1. The smallest absolute Gasteiger partial charge is 0.129 e. The summed E-state index contributed by atoms with van der Waals surface area (Å²) >= 11 is 1.48. The van der Waals surface area contributed by atoms with Gasteiger partial charge in [-0.1, -0.05) is 12.1 Å². The Labute approximate surface area is 121 Å². The first-order chi connectivity index (χ1) is 9.79. The predicted octanol–water partition coefficient (Wildman–Crippen LogP) is 3.62. The van der Waals surface area contributed by atoms with Gasteiger partial charge in [-0.3, -0.25) is 0 Å². The zero-order valence-electron chi connectivity index (χ0n) is 11.0. The van der Waals surface area contributed by atoms with Crippen molar-refractivity contribution in [1.82, 2.24) is 4.98 Å². The lowest BCUT2D eigenvalue weighted by Gasteiger charge is -2.11. The first-order valence-corrected chi connectivity index (χ1v) is 7.10. The van der Waals surface area contributed by atoms with Gasteiger partial charge in [-0.15, -0.1) is 11.3 Å². The van der Waals surface area contributed by atoms with Crippen LogP contribution in [0.5, 0.6) is 5.75 Å². The predicted molar refractivity (Wildman–Crippen MR) is 80.2 cm³/mol. The zero-order chi connectivity index (χ0) is 13.9. The molecule has 0 saturated carbocycles. The second-order valence-corrected chi connectivity index (χ2v) is 5.45. The average Bonchev–Trinajstić information content (AvgIpc) is 3.18. The largest absolute Gasteiger partial charge is 0.496 e. The van der Waals surface area contributed by atoms with E-state index in [2.05, 4.69) is 4.98 Å². The van der Waals surface area contributed by atoms with Crippen LogP contribution in [0.2, 0.25) is 0 Å². The van der Waals surface area contributed by atoms with Gasteiger partial charge in [-0.05, 0) is 12.1 Å². The molecule has 0 amide bonds. The molecule has 20 heavy (non-hydrogen) atoms. The third-order valence-corrected chi connectivity index (χ3v) is 4.22. The van der Waals surface area contributed by atoms with Gasteiger partial charge in [0.1, 0.15) is 10.8 Å². The maximum absolute atomic E-state index is 10.3. The van der Waals surface area contributed by atoms with Crippen LogP contribution in [-0.4, -0.2) is 17.2 Å². The molecule has 0 spiro atoms. The number of aliphatic hydroxyl groups is 1. The number of rotatable bonds is 4. The fraction of sp³-hybridized carbons (Fsp3) is 0.125. The van der Waals surface area contributed by atoms with E-state index < -0.39 is 6.10 Å². The second kappa shape index (κ2) is 5.53. The number of thiazole rings is 1. The Morgan fingerprint density at radius 3 is 2.90 bits per heavy atom. The second-order valence-electron chi connectivity index (χ2n) is 4.39. The minimum Gasteiger partial charge on any atom is -0.496 e. The normalized spacial score (nSPS) is 12.3. The van der Waals surface area contributed by atoms with Crippen LogP contribution >= 0.6 is 11.3 Å². The van der Waals surface area contributed by atoms with E-state index in [0.717, 1.165) is 26.8 Å². The van der Waals surface area contributed by atoms with Crippen LogP contribution in [0.4, 0.5) is 0 Å². The van der Waals surface area contributed by atoms with Crippen molar-refractivity contribution >= 4 is 11.3 Å². The Kier molecular flexibility index (Phi) is 3.58. The summed E-state index contributed by atoms with van der Waals surface area (Å²) in [6.45, 7) is 0. The summed E-state index contributed by atoms with van der Waals surface area (Å²) < 4.78 is 5.35. The minimum absolute atomic E-state index is 0.619. The van der Waals surface area contributed by atoms with Crippen molar-refractivity contribution in [1.29, 1.82) is 0 Å². The number of hydrogen-bond acceptors (Lipinski definition) is 4. The number of aromatic nitrogens is 1. The van der Waals surface area contributed by atoms with Crippen LogP contribution in [0.25, 0.3) is 10.6 Å². The Bertz CT molecular complexity index is 688. The number of para-hydroxylation sites is 1. The summed E-state index contributed by atoms with van der Waals surface area (Å²) in [5.41, 5.74) is 1.83. The summed E-state index contributed by atoms with van der Waals surface area (Å²) in [6, 6.07) is 15.4. The SMILES string of the molecule is COc1ccccc1-c1ncc(C(O)c2cc[cH-]c2)s1. The third-order valence-electron chi connectivity index (χ3n) is 3.13. The molecule has 1 unspecified atom stereocenters. The van der Waals surface area contributed by atoms with Gasteiger partial charge in [0.2, 0.25) is 0 Å². The first kappa shape index (κ1) is 13.0. The average molecular weight is 284 g/mol. The van der Waals surface area contributed by atoms with Crippen molar-refractivity contribution in [2.45, 2.75) is 6.10 Å². The summed E-state index contributed by atoms with van der Waals surface area (Å²) in [4.78, 5) is 5.24. The molecule has 3 aromatic rings. The van der Waals surface area contributed by atoms with Gasteiger partial charge in [0.15, 0.2) is 0 Å². The Morgan fingerprint density at radius 2 is 2.15 bits per heavy atom. The van der Waals surface area contributed by atoms with E-state index in [4.69, 9.17) is 4.74 Å². The van der Waals surface area contributed by atoms with Crippen molar-refractivity contribution in [3.63, 3.8) is 0 Å². The molecule has 0 aliphatic rings. The van der Waals surface area contributed by atoms with E-state index in [9.17, 15) is 5.11 Å². The lowest BCUT2D eigenvalue weighted by molar-refractivity contribution is 0.224. The Balaban J connectivity index is 1.94. The lowest BCUT2D eigenvalue weighted by Crippen LogP contribution is -1.93. The molecule has 0 aliphatic heterocycles. The van der Waals surface area contributed by atoms with Crippen LogP contribution in [0.1, 0.15) is 16.5 Å². The molecule has 3 rings (SSSR count). The van der Waals surface area contributed by atoms with E-state index in [1.165, 1.54) is 11.3 Å². The van der Waals surface area contributed by atoms with Gasteiger partial charge in [-0.2, -0.15) is 23.8 Å². The van der Waals surface area contributed by atoms with Gasteiger partial charge in [0, 0.05) is 11.1 Å². The van der Waals surface area contributed by atoms with Crippen LogP contribution in [0, 0.1) is 0 Å². The van der Waals surface area contributed by atoms with Crippen LogP contribution in [0.3, 0.4) is 0 Å². The van der Waals surface area contributed by atoms with Crippen LogP contribution < -0.4 is 4.74 Å². The van der Waals surface area contributed by atoms with Crippen molar-refractivity contribution in [3.05, 3.63) is 65.2 Å². The molecular weight excluding hydrogens is 270 g/mol. The molecule has 1 atom stereocenters. The number of ether oxygens (including phenoxy) is 1. The van der Waals surface area contributed by atoms with Crippen LogP contribution in [0.15, 0.2) is 54.7 Å². The summed E-state index contributed by atoms with van der Waals surface area (Å²) in [5, 5.41) is 11.2. The fourth-order valence-electron chi connectivity index (χ4n) is 2.09. The van der Waals surface area contributed by atoms with E-state index in [-0.39, 0.29) is 0 Å². The van der Waals surface area contributed by atoms with Gasteiger partial charge in [0.25, 0.3) is 0 Å². The third kappa shape index (κ3) is 2.35. The molecule has 0 bridgehead atoms. The van der Waals surface area contributed by atoms with Crippen molar-refractivity contribution < 1.29 is 9.84 Å². The molecule has 1 heterocycles. The van der Waals surface area contributed by atoms with E-state index in [1.54, 1.807) is 13.3 Å². The van der Waals surface area contributed by atoms with Gasteiger partial charge < -0.3 is 9.84 Å². The monoisotopic (exact) mass is 284 g/mol. The molecule has 0 saturated heterocycles. The number of aliphatic hydroxyl groups excluding tert-OH is 1. The topological polar surface area (TPSA) is 42.4 Å². The maximum atomic E-state index is 10.3. The van der Waals surface area contributed by atoms with E-state index >= 15 is 0 Å². The summed E-state index contributed by atoms with van der Waals surface area (Å²) in [5.74, 6) is 0.788. The molecule has 1 aromatic heterocycles. The van der Waals surface area contributed by atoms with Gasteiger partial charge >= 0.3 is 0 Å². The van der Waals surface area contributed by atoms with Crippen molar-refractivity contribution in [3.8, 4) is 16.3 Å². The minimum atomic E-state index is -0.619. The van der Waals surface area contributed by atoms with Crippen LogP contribution in [-0.2, 0) is 0 Å². The van der Waals surface area contributed by atoms with Gasteiger partial charge in [-0.25, -0.2) is 11.1 Å². The van der Waals surface area contributed by atoms with Gasteiger partial charge in [0.05, 0.1) is 18.8 Å². The highest BCUT2D eigenvalue weighted by Crippen LogP contribution is 2.35. The molecule has 2 aromatic carbocycles. The number of hydrogen-bond donors (Lipinski definition) is 1. The summed E-state index contributed by atoms with van der Waals surface area (Å²) in [7, 11) is 1.65. The quantitative estimate of drug-likeness (QED) is 0.744. The molecular formula is C16H14NO2S-. The first-order valence-electron chi connectivity index (χ1n) is 6.28. The van der Waals surface area contributed by atoms with Crippen molar-refractivity contribution in [2.24, 2.45) is 0 Å². The highest BCUT2D eigenvalue weighted by Gasteiger charge is 2.13.